The highest BCUT2D eigenvalue weighted by molar-refractivity contribution is 7.13. The summed E-state index contributed by atoms with van der Waals surface area (Å²) in [5.74, 6) is 0.643. The van der Waals surface area contributed by atoms with E-state index in [4.69, 9.17) is 0 Å². The highest BCUT2D eigenvalue weighted by atomic mass is 32.1. The molecule has 0 spiro atoms. The van der Waals surface area contributed by atoms with Crippen LogP contribution in [0.1, 0.15) is 16.8 Å². The number of guanidine groups is 1. The molecular formula is C17H22F3N5S. The van der Waals surface area contributed by atoms with E-state index in [2.05, 4.69) is 15.3 Å². The van der Waals surface area contributed by atoms with Gasteiger partial charge in [-0.3, -0.25) is 4.99 Å². The molecule has 0 saturated heterocycles. The smallest absolute Gasteiger partial charge is 0.354 e. The van der Waals surface area contributed by atoms with Gasteiger partial charge in [-0.2, -0.15) is 13.2 Å². The minimum Gasteiger partial charge on any atom is -0.354 e. The van der Waals surface area contributed by atoms with Crippen LogP contribution in [0.4, 0.5) is 18.3 Å². The van der Waals surface area contributed by atoms with E-state index in [1.807, 2.05) is 36.3 Å². The van der Waals surface area contributed by atoms with Gasteiger partial charge in [0.05, 0.1) is 17.8 Å². The number of hydrogen-bond acceptors (Lipinski definition) is 4. The van der Waals surface area contributed by atoms with E-state index in [0.717, 1.165) is 28.5 Å². The molecule has 142 valence electrons. The van der Waals surface area contributed by atoms with Gasteiger partial charge in [-0.05, 0) is 17.7 Å². The molecule has 5 nitrogen and oxygen atoms in total. The van der Waals surface area contributed by atoms with Gasteiger partial charge in [0.25, 0.3) is 0 Å². The van der Waals surface area contributed by atoms with Crippen molar-refractivity contribution in [3.8, 4) is 0 Å². The molecule has 2 aromatic rings. The largest absolute Gasteiger partial charge is 0.416 e. The summed E-state index contributed by atoms with van der Waals surface area (Å²) < 4.78 is 37.9. The first-order valence-electron chi connectivity index (χ1n) is 7.90. The summed E-state index contributed by atoms with van der Waals surface area (Å²) in [6.07, 6.45) is -4.32. The molecule has 9 heteroatoms. The lowest BCUT2D eigenvalue weighted by Crippen LogP contribution is -2.38. The fourth-order valence-electron chi connectivity index (χ4n) is 2.29. The third kappa shape index (κ3) is 5.35. The molecule has 0 bridgehead atoms. The zero-order valence-corrected chi connectivity index (χ0v) is 15.9. The van der Waals surface area contributed by atoms with Crippen molar-refractivity contribution in [2.45, 2.75) is 19.3 Å². The zero-order chi connectivity index (χ0) is 19.3. The number of nitrogens with zero attached hydrogens (tertiary/aromatic N) is 4. The predicted molar refractivity (Wildman–Crippen MR) is 99.6 cm³/mol. The van der Waals surface area contributed by atoms with E-state index in [0.29, 0.717) is 19.0 Å². The van der Waals surface area contributed by atoms with Crippen molar-refractivity contribution in [3.63, 3.8) is 0 Å². The van der Waals surface area contributed by atoms with Crippen LogP contribution in [0, 0.1) is 0 Å². The van der Waals surface area contributed by atoms with Gasteiger partial charge in [0.1, 0.15) is 0 Å². The average molecular weight is 385 g/mol. The Morgan fingerprint density at radius 2 is 1.85 bits per heavy atom. The number of halogens is 3. The molecule has 2 rings (SSSR count). The van der Waals surface area contributed by atoms with Crippen molar-refractivity contribution in [3.05, 3.63) is 46.5 Å². The molecule has 0 aliphatic carbocycles. The molecule has 1 aromatic heterocycles. The van der Waals surface area contributed by atoms with Crippen LogP contribution < -0.4 is 10.2 Å². The van der Waals surface area contributed by atoms with Gasteiger partial charge in [-0.1, -0.05) is 12.1 Å². The molecule has 0 atom stereocenters. The van der Waals surface area contributed by atoms with E-state index >= 15 is 0 Å². The standard InChI is InChI=1S/C17H22F3N5S/c1-21-15(22-9-14-11-26-16(23-14)24(2)3)25(4)10-12-5-7-13(8-6-12)17(18,19)20/h5-8,11H,9-10H2,1-4H3,(H,21,22). The quantitative estimate of drug-likeness (QED) is 0.633. The van der Waals surface area contributed by atoms with Crippen molar-refractivity contribution in [2.24, 2.45) is 4.99 Å². The Labute approximate surface area is 155 Å². The fourth-order valence-corrected chi connectivity index (χ4v) is 3.04. The molecule has 0 aliphatic heterocycles. The molecule has 1 aromatic carbocycles. The monoisotopic (exact) mass is 385 g/mol. The maximum atomic E-state index is 12.6. The maximum absolute atomic E-state index is 12.6. The third-order valence-corrected chi connectivity index (χ3v) is 4.68. The van der Waals surface area contributed by atoms with E-state index in [1.54, 1.807) is 18.4 Å². The summed E-state index contributed by atoms with van der Waals surface area (Å²) in [5.41, 5.74) is 1.03. The summed E-state index contributed by atoms with van der Waals surface area (Å²) in [6.45, 7) is 0.964. The highest BCUT2D eigenvalue weighted by Crippen LogP contribution is 2.29. The SMILES string of the molecule is CN=C(NCc1csc(N(C)C)n1)N(C)Cc1ccc(C(F)(F)F)cc1. The van der Waals surface area contributed by atoms with Gasteiger partial charge in [0, 0.05) is 40.1 Å². The van der Waals surface area contributed by atoms with Crippen molar-refractivity contribution in [1.82, 2.24) is 15.2 Å². The van der Waals surface area contributed by atoms with Crippen molar-refractivity contribution >= 4 is 22.4 Å². The Kier molecular flexibility index (Phi) is 6.47. The Morgan fingerprint density at radius 3 is 2.35 bits per heavy atom. The van der Waals surface area contributed by atoms with Gasteiger partial charge < -0.3 is 15.1 Å². The fraction of sp³-hybridized carbons (Fsp3) is 0.412. The zero-order valence-electron chi connectivity index (χ0n) is 15.1. The van der Waals surface area contributed by atoms with Crippen LogP contribution >= 0.6 is 11.3 Å². The summed E-state index contributed by atoms with van der Waals surface area (Å²) in [4.78, 5) is 12.5. The number of thiazole rings is 1. The molecule has 1 heterocycles. The maximum Gasteiger partial charge on any atom is 0.416 e. The van der Waals surface area contributed by atoms with Crippen LogP contribution in [-0.2, 0) is 19.3 Å². The van der Waals surface area contributed by atoms with Crippen LogP contribution in [0.25, 0.3) is 0 Å². The summed E-state index contributed by atoms with van der Waals surface area (Å²) >= 11 is 1.56. The predicted octanol–water partition coefficient (Wildman–Crippen LogP) is 3.44. The van der Waals surface area contributed by atoms with E-state index < -0.39 is 11.7 Å². The van der Waals surface area contributed by atoms with Gasteiger partial charge in [-0.15, -0.1) is 11.3 Å². The Morgan fingerprint density at radius 1 is 1.19 bits per heavy atom. The van der Waals surface area contributed by atoms with Gasteiger partial charge in [0.15, 0.2) is 11.1 Å². The highest BCUT2D eigenvalue weighted by Gasteiger charge is 2.29. The number of rotatable bonds is 5. The lowest BCUT2D eigenvalue weighted by atomic mass is 10.1. The molecule has 0 saturated carbocycles. The summed E-state index contributed by atoms with van der Waals surface area (Å²) in [6, 6.07) is 5.15. The van der Waals surface area contributed by atoms with Crippen molar-refractivity contribution < 1.29 is 13.2 Å². The molecule has 1 N–H and O–H groups in total. The van der Waals surface area contributed by atoms with Crippen molar-refractivity contribution in [2.75, 3.05) is 33.1 Å². The number of anilines is 1. The number of hydrogen-bond donors (Lipinski definition) is 1. The number of aliphatic imine (C=N–C) groups is 1. The van der Waals surface area contributed by atoms with Crippen LogP contribution in [-0.4, -0.2) is 44.0 Å². The number of benzene rings is 1. The van der Waals surface area contributed by atoms with E-state index in [-0.39, 0.29) is 0 Å². The Hall–Kier alpha value is -2.29. The van der Waals surface area contributed by atoms with Crippen molar-refractivity contribution in [1.29, 1.82) is 0 Å². The molecule has 0 aliphatic rings. The van der Waals surface area contributed by atoms with Gasteiger partial charge >= 0.3 is 6.18 Å². The minimum absolute atomic E-state index is 0.442. The summed E-state index contributed by atoms with van der Waals surface area (Å²) in [5, 5.41) is 6.12. The number of nitrogens with one attached hydrogen (secondary N) is 1. The van der Waals surface area contributed by atoms with Crippen LogP contribution in [0.3, 0.4) is 0 Å². The Balaban J connectivity index is 1.94. The molecular weight excluding hydrogens is 363 g/mol. The molecule has 0 fully saturated rings. The van der Waals surface area contributed by atoms with E-state index in [9.17, 15) is 13.2 Å². The third-order valence-electron chi connectivity index (χ3n) is 3.62. The van der Waals surface area contributed by atoms with Crippen LogP contribution in [0.15, 0.2) is 34.6 Å². The topological polar surface area (TPSA) is 43.8 Å². The first-order chi connectivity index (χ1) is 12.2. The molecule has 0 radical (unpaired) electrons. The lowest BCUT2D eigenvalue weighted by Gasteiger charge is -2.22. The molecule has 0 amide bonds. The number of aromatic nitrogens is 1. The van der Waals surface area contributed by atoms with E-state index in [1.165, 1.54) is 12.1 Å². The lowest BCUT2D eigenvalue weighted by molar-refractivity contribution is -0.137. The first kappa shape index (κ1) is 20.0. The number of alkyl halides is 3. The normalized spacial score (nSPS) is 12.2. The van der Waals surface area contributed by atoms with Gasteiger partial charge in [-0.25, -0.2) is 4.98 Å². The first-order valence-corrected chi connectivity index (χ1v) is 8.78. The van der Waals surface area contributed by atoms with Crippen LogP contribution in [0.5, 0.6) is 0 Å². The average Bonchev–Trinajstić information content (AvgIpc) is 3.04. The second-order valence-electron chi connectivity index (χ2n) is 5.97. The Bertz CT molecular complexity index is 738. The van der Waals surface area contributed by atoms with Gasteiger partial charge in [0.2, 0.25) is 0 Å². The van der Waals surface area contributed by atoms with Crippen LogP contribution in [0.2, 0.25) is 0 Å². The second kappa shape index (κ2) is 8.39. The summed E-state index contributed by atoms with van der Waals surface area (Å²) in [7, 11) is 7.37. The minimum atomic E-state index is -4.32. The second-order valence-corrected chi connectivity index (χ2v) is 6.80. The molecule has 0 unspecified atom stereocenters. The molecule has 26 heavy (non-hydrogen) atoms.